The molecule has 1 N–H and O–H groups in total. The molecule has 1 amide bonds. The Kier molecular flexibility index (Phi) is 6.91. The molecule has 6 heteroatoms. The first-order chi connectivity index (χ1) is 17.1. The average molecular weight is 471 g/mol. The molecule has 0 aliphatic carbocycles. The van der Waals surface area contributed by atoms with Gasteiger partial charge in [-0.15, -0.1) is 0 Å². The minimum atomic E-state index is -0.113. The van der Waals surface area contributed by atoms with Crippen LogP contribution in [0.2, 0.25) is 0 Å². The van der Waals surface area contributed by atoms with Crippen LogP contribution in [0.3, 0.4) is 0 Å². The molecule has 2 heterocycles. The van der Waals surface area contributed by atoms with Gasteiger partial charge in [0, 0.05) is 49.2 Å². The molecule has 0 saturated carbocycles. The van der Waals surface area contributed by atoms with Crippen LogP contribution in [0.25, 0.3) is 0 Å². The highest BCUT2D eigenvalue weighted by Crippen LogP contribution is 2.35. The molecular weight excluding hydrogens is 436 g/mol. The molecule has 1 atom stereocenters. The van der Waals surface area contributed by atoms with E-state index in [1.54, 1.807) is 0 Å². The second-order valence-corrected chi connectivity index (χ2v) is 9.64. The van der Waals surface area contributed by atoms with Gasteiger partial charge in [0.15, 0.2) is 5.75 Å². The van der Waals surface area contributed by atoms with E-state index in [0.717, 1.165) is 61.9 Å². The molecule has 0 bridgehead atoms. The number of hydrogen-bond donors (Lipinski definition) is 1. The highest BCUT2D eigenvalue weighted by molar-refractivity contribution is 6.05. The molecule has 2 aliphatic heterocycles. The van der Waals surface area contributed by atoms with Crippen molar-refractivity contribution < 1.29 is 9.53 Å². The van der Waals surface area contributed by atoms with Gasteiger partial charge in [-0.25, -0.2) is 0 Å². The number of hydrogen-bond acceptors (Lipinski definition) is 5. The number of para-hydroxylation sites is 1. The van der Waals surface area contributed by atoms with Crippen LogP contribution < -0.4 is 19.9 Å². The number of carbonyl (C=O) groups is 1. The zero-order chi connectivity index (χ0) is 24.2. The van der Waals surface area contributed by atoms with Gasteiger partial charge >= 0.3 is 0 Å². The van der Waals surface area contributed by atoms with Gasteiger partial charge in [0.1, 0.15) is 5.75 Å². The van der Waals surface area contributed by atoms with Crippen molar-refractivity contribution in [3.05, 3.63) is 78.4 Å². The fraction of sp³-hybridized carbons (Fsp3) is 0.345. The number of likely N-dealkylation sites (N-methyl/N-ethyl adjacent to an activating group) is 1. The second kappa shape index (κ2) is 10.4. The van der Waals surface area contributed by atoms with E-state index in [1.807, 2.05) is 60.7 Å². The summed E-state index contributed by atoms with van der Waals surface area (Å²) in [5, 5.41) is 3.06. The third kappa shape index (κ3) is 5.43. The Morgan fingerprint density at radius 1 is 0.914 bits per heavy atom. The Morgan fingerprint density at radius 2 is 1.66 bits per heavy atom. The van der Waals surface area contributed by atoms with Gasteiger partial charge in [-0.2, -0.15) is 0 Å². The van der Waals surface area contributed by atoms with Crippen LogP contribution in [0.1, 0.15) is 29.6 Å². The van der Waals surface area contributed by atoms with E-state index in [9.17, 15) is 4.79 Å². The van der Waals surface area contributed by atoms with Gasteiger partial charge in [0.05, 0.1) is 5.69 Å². The molecule has 2 saturated heterocycles. The van der Waals surface area contributed by atoms with E-state index in [0.29, 0.717) is 11.6 Å². The molecule has 0 radical (unpaired) electrons. The van der Waals surface area contributed by atoms with Crippen molar-refractivity contribution >= 4 is 23.0 Å². The number of nitrogens with one attached hydrogen (secondary N) is 1. The third-order valence-corrected chi connectivity index (χ3v) is 7.02. The minimum Gasteiger partial charge on any atom is -0.455 e. The lowest BCUT2D eigenvalue weighted by Crippen LogP contribution is -2.31. The van der Waals surface area contributed by atoms with Crippen LogP contribution in [0, 0.1) is 0 Å². The highest BCUT2D eigenvalue weighted by Gasteiger charge is 2.24. The SMILES string of the molecule is CN(C)C1CCN(c2ccc(NC(=O)c3ccc(Oc4ccccc4)c(N4CCCC4)c3)cc2)C1. The third-order valence-electron chi connectivity index (χ3n) is 7.02. The van der Waals surface area contributed by atoms with Gasteiger partial charge in [0.2, 0.25) is 0 Å². The Bertz CT molecular complexity index is 1140. The van der Waals surface area contributed by atoms with Crippen molar-refractivity contribution in [1.29, 1.82) is 0 Å². The number of benzene rings is 3. The molecule has 182 valence electrons. The molecule has 6 nitrogen and oxygen atoms in total. The predicted octanol–water partition coefficient (Wildman–Crippen LogP) is 5.47. The fourth-order valence-electron chi connectivity index (χ4n) is 4.92. The number of ether oxygens (including phenoxy) is 1. The molecular formula is C29H34N4O2. The topological polar surface area (TPSA) is 48.1 Å². The minimum absolute atomic E-state index is 0.113. The van der Waals surface area contributed by atoms with Crippen molar-refractivity contribution in [3.8, 4) is 11.5 Å². The van der Waals surface area contributed by atoms with Crippen LogP contribution in [0.15, 0.2) is 72.8 Å². The van der Waals surface area contributed by atoms with E-state index in [-0.39, 0.29) is 5.91 Å². The molecule has 5 rings (SSSR count). The molecule has 3 aromatic carbocycles. The summed E-state index contributed by atoms with van der Waals surface area (Å²) < 4.78 is 6.18. The molecule has 2 fully saturated rings. The molecule has 35 heavy (non-hydrogen) atoms. The maximum Gasteiger partial charge on any atom is 0.255 e. The van der Waals surface area contributed by atoms with Gasteiger partial charge in [-0.3, -0.25) is 4.79 Å². The maximum atomic E-state index is 13.1. The standard InChI is InChI=1S/C29H34N4O2/c1-31(2)25-16-19-33(21-25)24-13-11-23(12-14-24)30-29(34)22-10-15-28(35-26-8-4-3-5-9-26)27(20-22)32-17-6-7-18-32/h3-5,8-15,20,25H,6-7,16-19,21H2,1-2H3,(H,30,34). The maximum absolute atomic E-state index is 13.1. The van der Waals surface area contributed by atoms with Gasteiger partial charge in [-0.05, 0) is 88.0 Å². The number of nitrogens with zero attached hydrogens (tertiary/aromatic N) is 3. The van der Waals surface area contributed by atoms with Crippen LogP contribution in [0.4, 0.5) is 17.1 Å². The number of amides is 1. The Hall–Kier alpha value is -3.51. The van der Waals surface area contributed by atoms with Gasteiger partial charge in [-0.1, -0.05) is 18.2 Å². The lowest BCUT2D eigenvalue weighted by atomic mass is 10.1. The molecule has 0 spiro atoms. The smallest absolute Gasteiger partial charge is 0.255 e. The van der Waals surface area contributed by atoms with Crippen molar-refractivity contribution in [2.24, 2.45) is 0 Å². The first kappa shape index (κ1) is 23.2. The summed E-state index contributed by atoms with van der Waals surface area (Å²) in [4.78, 5) is 20.1. The van der Waals surface area contributed by atoms with Crippen LogP contribution >= 0.6 is 0 Å². The van der Waals surface area contributed by atoms with Crippen molar-refractivity contribution in [3.63, 3.8) is 0 Å². The van der Waals surface area contributed by atoms with E-state index in [1.165, 1.54) is 12.1 Å². The quantitative estimate of drug-likeness (QED) is 0.496. The number of anilines is 3. The first-order valence-corrected chi connectivity index (χ1v) is 12.5. The molecule has 0 aromatic heterocycles. The highest BCUT2D eigenvalue weighted by atomic mass is 16.5. The summed E-state index contributed by atoms with van der Waals surface area (Å²) in [6, 6.07) is 24.3. The summed E-state index contributed by atoms with van der Waals surface area (Å²) in [7, 11) is 4.28. The normalized spacial score (nSPS) is 17.7. The van der Waals surface area contributed by atoms with Crippen LogP contribution in [-0.2, 0) is 0 Å². The van der Waals surface area contributed by atoms with Gasteiger partial charge in [0.25, 0.3) is 5.91 Å². The fourth-order valence-corrected chi connectivity index (χ4v) is 4.92. The van der Waals surface area contributed by atoms with Crippen LogP contribution in [0.5, 0.6) is 11.5 Å². The monoisotopic (exact) mass is 470 g/mol. The largest absolute Gasteiger partial charge is 0.455 e. The van der Waals surface area contributed by atoms with Crippen molar-refractivity contribution in [1.82, 2.24) is 4.90 Å². The zero-order valence-electron chi connectivity index (χ0n) is 20.6. The van der Waals surface area contributed by atoms with Crippen molar-refractivity contribution in [2.75, 3.05) is 55.4 Å². The second-order valence-electron chi connectivity index (χ2n) is 9.64. The average Bonchev–Trinajstić information content (AvgIpc) is 3.58. The lowest BCUT2D eigenvalue weighted by molar-refractivity contribution is 0.102. The van der Waals surface area contributed by atoms with E-state index in [4.69, 9.17) is 4.74 Å². The zero-order valence-corrected chi connectivity index (χ0v) is 20.6. The van der Waals surface area contributed by atoms with E-state index < -0.39 is 0 Å². The lowest BCUT2D eigenvalue weighted by Gasteiger charge is -2.22. The Balaban J connectivity index is 1.29. The Morgan fingerprint density at radius 3 is 2.34 bits per heavy atom. The summed E-state index contributed by atoms with van der Waals surface area (Å²) >= 11 is 0. The first-order valence-electron chi connectivity index (χ1n) is 12.5. The summed E-state index contributed by atoms with van der Waals surface area (Å²) in [6.07, 6.45) is 3.48. The molecule has 2 aliphatic rings. The van der Waals surface area contributed by atoms with Crippen LogP contribution in [-0.4, -0.2) is 57.1 Å². The van der Waals surface area contributed by atoms with E-state index in [2.05, 4.69) is 46.2 Å². The number of carbonyl (C=O) groups excluding carboxylic acids is 1. The molecule has 3 aromatic rings. The summed E-state index contributed by atoms with van der Waals surface area (Å²) in [5.41, 5.74) is 3.60. The van der Waals surface area contributed by atoms with Gasteiger partial charge < -0.3 is 24.8 Å². The Labute approximate surface area is 208 Å². The number of rotatable bonds is 7. The summed E-state index contributed by atoms with van der Waals surface area (Å²) in [6.45, 7) is 4.05. The van der Waals surface area contributed by atoms with E-state index >= 15 is 0 Å². The summed E-state index contributed by atoms with van der Waals surface area (Å²) in [5.74, 6) is 1.46. The predicted molar refractivity (Wildman–Crippen MR) is 143 cm³/mol. The molecule has 1 unspecified atom stereocenters. The van der Waals surface area contributed by atoms with Crippen molar-refractivity contribution in [2.45, 2.75) is 25.3 Å².